The summed E-state index contributed by atoms with van der Waals surface area (Å²) >= 11 is 0. The van der Waals surface area contributed by atoms with Crippen LogP contribution in [-0.2, 0) is 14.3 Å². The van der Waals surface area contributed by atoms with Gasteiger partial charge in [0.2, 0.25) is 0 Å². The van der Waals surface area contributed by atoms with Crippen LogP contribution in [0.5, 0.6) is 0 Å². The Morgan fingerprint density at radius 3 is 2.58 bits per heavy atom. The van der Waals surface area contributed by atoms with Crippen LogP contribution in [0.3, 0.4) is 0 Å². The third-order valence-corrected chi connectivity index (χ3v) is 3.23. The molecule has 1 aliphatic rings. The third kappa shape index (κ3) is 5.46. The van der Waals surface area contributed by atoms with Gasteiger partial charge in [-0.2, -0.15) is 0 Å². The molecular formula is C13H24N2O4. The van der Waals surface area contributed by atoms with Gasteiger partial charge in [0.1, 0.15) is 6.54 Å². The van der Waals surface area contributed by atoms with E-state index in [0.717, 1.165) is 38.8 Å². The molecule has 1 heterocycles. The van der Waals surface area contributed by atoms with E-state index in [1.807, 2.05) is 6.92 Å². The van der Waals surface area contributed by atoms with Crippen molar-refractivity contribution in [1.29, 1.82) is 0 Å². The SMILES string of the molecule is CCCCOC(=O)N(CC(=O)OC)C1CCNCC1. The standard InChI is InChI=1S/C13H24N2O4/c1-3-4-9-19-13(17)15(10-12(16)18-2)11-5-7-14-8-6-11/h11,14H,3-10H2,1-2H3. The monoisotopic (exact) mass is 272 g/mol. The molecule has 0 aromatic heterocycles. The summed E-state index contributed by atoms with van der Waals surface area (Å²) in [5, 5.41) is 3.23. The molecule has 6 nitrogen and oxygen atoms in total. The molecule has 0 radical (unpaired) electrons. The first-order valence-corrected chi connectivity index (χ1v) is 6.90. The second-order valence-corrected chi connectivity index (χ2v) is 4.65. The lowest BCUT2D eigenvalue weighted by molar-refractivity contribution is -0.142. The number of nitrogens with zero attached hydrogens (tertiary/aromatic N) is 1. The maximum absolute atomic E-state index is 12.0. The zero-order valence-corrected chi connectivity index (χ0v) is 11.8. The summed E-state index contributed by atoms with van der Waals surface area (Å²) < 4.78 is 9.85. The van der Waals surface area contributed by atoms with Gasteiger partial charge in [0.25, 0.3) is 0 Å². The van der Waals surface area contributed by atoms with Gasteiger partial charge in [-0.3, -0.25) is 9.69 Å². The number of hydrogen-bond donors (Lipinski definition) is 1. The Morgan fingerprint density at radius 2 is 2.00 bits per heavy atom. The molecule has 1 N–H and O–H groups in total. The highest BCUT2D eigenvalue weighted by Gasteiger charge is 2.28. The van der Waals surface area contributed by atoms with Crippen LogP contribution in [0.15, 0.2) is 0 Å². The van der Waals surface area contributed by atoms with Gasteiger partial charge >= 0.3 is 12.1 Å². The van der Waals surface area contributed by atoms with Crippen LogP contribution in [0, 0.1) is 0 Å². The number of amides is 1. The lowest BCUT2D eigenvalue weighted by Crippen LogP contribution is -2.48. The van der Waals surface area contributed by atoms with E-state index in [-0.39, 0.29) is 12.6 Å². The van der Waals surface area contributed by atoms with Crippen molar-refractivity contribution >= 4 is 12.1 Å². The summed E-state index contributed by atoms with van der Waals surface area (Å²) in [6.45, 7) is 4.10. The molecule has 19 heavy (non-hydrogen) atoms. The average Bonchev–Trinajstić information content (AvgIpc) is 2.45. The fourth-order valence-corrected chi connectivity index (χ4v) is 2.05. The second-order valence-electron chi connectivity index (χ2n) is 4.65. The number of esters is 1. The lowest BCUT2D eigenvalue weighted by Gasteiger charge is -2.33. The molecule has 1 amide bonds. The number of piperidine rings is 1. The fraction of sp³-hybridized carbons (Fsp3) is 0.846. The van der Waals surface area contributed by atoms with Gasteiger partial charge in [-0.25, -0.2) is 4.79 Å². The van der Waals surface area contributed by atoms with Gasteiger partial charge in [-0.05, 0) is 32.4 Å². The largest absolute Gasteiger partial charge is 0.468 e. The Kier molecular flexibility index (Phi) is 7.25. The predicted molar refractivity (Wildman–Crippen MR) is 70.9 cm³/mol. The van der Waals surface area contributed by atoms with Crippen LogP contribution >= 0.6 is 0 Å². The molecule has 0 atom stereocenters. The minimum atomic E-state index is -0.411. The highest BCUT2D eigenvalue weighted by molar-refractivity contribution is 5.78. The van der Waals surface area contributed by atoms with E-state index in [1.165, 1.54) is 12.0 Å². The number of rotatable bonds is 6. The van der Waals surface area contributed by atoms with Crippen LogP contribution in [0.25, 0.3) is 0 Å². The molecule has 0 aliphatic carbocycles. The summed E-state index contributed by atoms with van der Waals surface area (Å²) in [7, 11) is 1.32. The quantitative estimate of drug-likeness (QED) is 0.580. The molecule has 1 saturated heterocycles. The zero-order chi connectivity index (χ0) is 14.1. The molecule has 0 unspecified atom stereocenters. The highest BCUT2D eigenvalue weighted by Crippen LogP contribution is 2.13. The molecule has 0 aromatic carbocycles. The van der Waals surface area contributed by atoms with Crippen molar-refractivity contribution in [3.8, 4) is 0 Å². The number of ether oxygens (including phenoxy) is 2. The fourth-order valence-electron chi connectivity index (χ4n) is 2.05. The minimum Gasteiger partial charge on any atom is -0.468 e. The number of carbonyl (C=O) groups is 2. The molecular weight excluding hydrogens is 248 g/mol. The van der Waals surface area contributed by atoms with Gasteiger partial charge in [-0.15, -0.1) is 0 Å². The van der Waals surface area contributed by atoms with Gasteiger partial charge < -0.3 is 14.8 Å². The van der Waals surface area contributed by atoms with Crippen molar-refractivity contribution in [3.05, 3.63) is 0 Å². The van der Waals surface area contributed by atoms with Crippen LogP contribution in [0.4, 0.5) is 4.79 Å². The summed E-state index contributed by atoms with van der Waals surface area (Å²) in [4.78, 5) is 25.0. The van der Waals surface area contributed by atoms with Crippen LogP contribution in [0.1, 0.15) is 32.6 Å². The number of methoxy groups -OCH3 is 1. The Bertz CT molecular complexity index is 290. The van der Waals surface area contributed by atoms with Gasteiger partial charge in [0, 0.05) is 6.04 Å². The summed E-state index contributed by atoms with van der Waals surface area (Å²) in [6.07, 6.45) is 3.06. The number of unbranched alkanes of at least 4 members (excludes halogenated alkanes) is 1. The van der Waals surface area contributed by atoms with Crippen molar-refractivity contribution in [2.45, 2.75) is 38.6 Å². The van der Waals surface area contributed by atoms with Gasteiger partial charge in [0.15, 0.2) is 0 Å². The van der Waals surface area contributed by atoms with Gasteiger partial charge in [-0.1, -0.05) is 13.3 Å². The summed E-state index contributed by atoms with van der Waals surface area (Å²) in [6, 6.07) is 0.0504. The Balaban J connectivity index is 2.56. The number of carbonyl (C=O) groups excluding carboxylic acids is 2. The van der Waals surface area contributed by atoms with Gasteiger partial charge in [0.05, 0.1) is 13.7 Å². The first-order chi connectivity index (χ1) is 9.19. The third-order valence-electron chi connectivity index (χ3n) is 3.23. The molecule has 0 saturated carbocycles. The first kappa shape index (κ1) is 15.8. The Morgan fingerprint density at radius 1 is 1.32 bits per heavy atom. The molecule has 1 aliphatic heterocycles. The molecule has 110 valence electrons. The van der Waals surface area contributed by atoms with E-state index in [2.05, 4.69) is 10.1 Å². The number of hydrogen-bond acceptors (Lipinski definition) is 5. The molecule has 6 heteroatoms. The maximum atomic E-state index is 12.0. The molecule has 1 fully saturated rings. The average molecular weight is 272 g/mol. The van der Waals surface area contributed by atoms with Crippen LogP contribution in [0.2, 0.25) is 0 Å². The number of nitrogens with one attached hydrogen (secondary N) is 1. The molecule has 0 aromatic rings. The first-order valence-electron chi connectivity index (χ1n) is 6.90. The molecule has 1 rings (SSSR count). The van der Waals surface area contributed by atoms with E-state index in [1.54, 1.807) is 0 Å². The van der Waals surface area contributed by atoms with Crippen molar-refractivity contribution in [2.24, 2.45) is 0 Å². The normalized spacial score (nSPS) is 15.9. The molecule has 0 bridgehead atoms. The van der Waals surface area contributed by atoms with E-state index in [0.29, 0.717) is 6.61 Å². The Hall–Kier alpha value is -1.30. The van der Waals surface area contributed by atoms with Crippen molar-refractivity contribution in [1.82, 2.24) is 10.2 Å². The smallest absolute Gasteiger partial charge is 0.410 e. The minimum absolute atomic E-state index is 0.0356. The highest BCUT2D eigenvalue weighted by atomic mass is 16.6. The summed E-state index contributed by atoms with van der Waals surface area (Å²) in [5.41, 5.74) is 0. The molecule has 0 spiro atoms. The van der Waals surface area contributed by atoms with E-state index in [4.69, 9.17) is 4.74 Å². The van der Waals surface area contributed by atoms with E-state index in [9.17, 15) is 9.59 Å². The van der Waals surface area contributed by atoms with Crippen molar-refractivity contribution < 1.29 is 19.1 Å². The van der Waals surface area contributed by atoms with Crippen LogP contribution < -0.4 is 5.32 Å². The zero-order valence-electron chi connectivity index (χ0n) is 11.8. The topological polar surface area (TPSA) is 67.9 Å². The van der Waals surface area contributed by atoms with Crippen LogP contribution in [-0.4, -0.2) is 56.4 Å². The van der Waals surface area contributed by atoms with E-state index < -0.39 is 12.1 Å². The van der Waals surface area contributed by atoms with Crippen molar-refractivity contribution in [2.75, 3.05) is 33.4 Å². The second kappa shape index (κ2) is 8.74. The predicted octanol–water partition coefficient (Wildman–Crippen LogP) is 1.15. The van der Waals surface area contributed by atoms with E-state index >= 15 is 0 Å². The lowest BCUT2D eigenvalue weighted by atomic mass is 10.1. The maximum Gasteiger partial charge on any atom is 0.410 e. The Labute approximate surface area is 114 Å². The summed E-state index contributed by atoms with van der Waals surface area (Å²) in [5.74, 6) is -0.411. The van der Waals surface area contributed by atoms with Crippen molar-refractivity contribution in [3.63, 3.8) is 0 Å².